The molecule has 0 amide bonds. The Hall–Kier alpha value is -0.290. The first-order valence-electron chi connectivity index (χ1n) is 4.35. The van der Waals surface area contributed by atoms with Crippen LogP contribution in [0.3, 0.4) is 0 Å². The van der Waals surface area contributed by atoms with E-state index in [0.717, 1.165) is 15.6 Å². The lowest BCUT2D eigenvalue weighted by molar-refractivity contribution is 0.109. The summed E-state index contributed by atoms with van der Waals surface area (Å²) >= 11 is 6.09. The van der Waals surface area contributed by atoms with Crippen LogP contribution in [0.1, 0.15) is 29.3 Å². The lowest BCUT2D eigenvalue weighted by Gasteiger charge is -2.04. The van der Waals surface area contributed by atoms with Crippen molar-refractivity contribution < 1.29 is 4.79 Å². The van der Waals surface area contributed by atoms with Crippen LogP contribution in [0.5, 0.6) is 0 Å². The van der Waals surface area contributed by atoms with Gasteiger partial charge in [0.25, 0.3) is 0 Å². The average molecular weight is 318 g/mol. The van der Waals surface area contributed by atoms with Crippen LogP contribution >= 0.6 is 35.2 Å². The first kappa shape index (κ1) is 11.8. The molecule has 0 saturated heterocycles. The predicted molar refractivity (Wildman–Crippen MR) is 72.0 cm³/mol. The Bertz CT molecular complexity index is 371. The monoisotopic (exact) mass is 318 g/mol. The number of benzene rings is 1. The van der Waals surface area contributed by atoms with Gasteiger partial charge in [-0.25, -0.2) is 0 Å². The molecule has 74 valence electrons. The van der Waals surface area contributed by atoms with Crippen molar-refractivity contribution in [2.45, 2.75) is 13.3 Å². The molecule has 0 spiro atoms. The van der Waals surface area contributed by atoms with Crippen molar-refractivity contribution >= 4 is 43.9 Å². The Morgan fingerprint density at radius 2 is 2.00 bits per heavy atom. The summed E-state index contributed by atoms with van der Waals surface area (Å²) in [5.74, 6) is 0. The van der Waals surface area contributed by atoms with Gasteiger partial charge < -0.3 is 0 Å². The van der Waals surface area contributed by atoms with Crippen LogP contribution in [-0.4, -0.2) is 5.12 Å². The average Bonchev–Trinajstić information content (AvgIpc) is 2.18. The molecule has 0 radical (unpaired) electrons. The number of thiol groups is 1. The summed E-state index contributed by atoms with van der Waals surface area (Å²) in [7, 11) is 0. The molecule has 0 aliphatic heterocycles. The highest BCUT2D eigenvalue weighted by atomic mass is 127. The highest BCUT2D eigenvalue weighted by Crippen LogP contribution is 2.26. The summed E-state index contributed by atoms with van der Waals surface area (Å²) in [5, 5.41) is -0.181. The molecule has 1 rings (SSSR count). The van der Waals surface area contributed by atoms with Crippen molar-refractivity contribution in [3.05, 3.63) is 41.5 Å². The maximum Gasteiger partial charge on any atom is 0.216 e. The van der Waals surface area contributed by atoms with Crippen LogP contribution in [0, 0.1) is 0 Å². The summed E-state index contributed by atoms with van der Waals surface area (Å²) < 4.78 is 1.10. The zero-order chi connectivity index (χ0) is 10.6. The van der Waals surface area contributed by atoms with E-state index in [1.807, 2.05) is 18.2 Å². The third kappa shape index (κ3) is 2.85. The quantitative estimate of drug-likeness (QED) is 0.660. The van der Waals surface area contributed by atoms with Gasteiger partial charge in [0.2, 0.25) is 5.12 Å². The molecule has 0 aliphatic rings. The number of rotatable bonds is 3. The Morgan fingerprint density at radius 3 is 2.50 bits per heavy atom. The third-order valence-corrected chi connectivity index (χ3v) is 3.06. The maximum atomic E-state index is 11.2. The minimum Gasteiger partial charge on any atom is -0.282 e. The Labute approximate surface area is 103 Å². The van der Waals surface area contributed by atoms with Crippen molar-refractivity contribution in [2.75, 3.05) is 0 Å². The van der Waals surface area contributed by atoms with Crippen LogP contribution in [0.2, 0.25) is 0 Å². The molecular formula is C11H11IOS. The number of halogens is 1. The molecule has 14 heavy (non-hydrogen) atoms. The fraction of sp³-hybridized carbons (Fsp3) is 0.182. The molecule has 0 aliphatic carbocycles. The van der Waals surface area contributed by atoms with Crippen molar-refractivity contribution in [1.29, 1.82) is 0 Å². The standard InChI is InChI=1S/C11H11IOS/c1-2-5-10(12)8-6-3-4-7-9(8)11(13)14/h3-7H,2H2,1H3,(H,13,14)/b10-5-. The Kier molecular flexibility index (Phi) is 4.68. The molecule has 0 fully saturated rings. The van der Waals surface area contributed by atoms with Gasteiger partial charge in [-0.1, -0.05) is 31.2 Å². The lowest BCUT2D eigenvalue weighted by atomic mass is 10.1. The lowest BCUT2D eigenvalue weighted by Crippen LogP contribution is -1.94. The van der Waals surface area contributed by atoms with Gasteiger partial charge in [-0.3, -0.25) is 4.79 Å². The van der Waals surface area contributed by atoms with Crippen LogP contribution in [0.4, 0.5) is 0 Å². The molecule has 1 aromatic rings. The second-order valence-electron chi connectivity index (χ2n) is 2.81. The molecule has 0 N–H and O–H groups in total. The largest absolute Gasteiger partial charge is 0.282 e. The molecule has 0 saturated carbocycles. The van der Waals surface area contributed by atoms with Crippen LogP contribution in [0.25, 0.3) is 3.58 Å². The highest BCUT2D eigenvalue weighted by Gasteiger charge is 2.08. The van der Waals surface area contributed by atoms with Gasteiger partial charge in [-0.05, 0) is 40.6 Å². The third-order valence-electron chi connectivity index (χ3n) is 1.80. The van der Waals surface area contributed by atoms with Gasteiger partial charge in [-0.15, -0.1) is 12.6 Å². The SMILES string of the molecule is CC/C=C(\I)c1ccccc1C(=O)S. The molecule has 0 heterocycles. The van der Waals surface area contributed by atoms with Gasteiger partial charge in [0, 0.05) is 9.14 Å². The summed E-state index contributed by atoms with van der Waals surface area (Å²) in [5.41, 5.74) is 1.64. The van der Waals surface area contributed by atoms with E-state index in [1.54, 1.807) is 6.07 Å². The number of allylic oxidation sites excluding steroid dienone is 1. The van der Waals surface area contributed by atoms with Crippen molar-refractivity contribution in [3.63, 3.8) is 0 Å². The fourth-order valence-corrected chi connectivity index (χ4v) is 2.27. The van der Waals surface area contributed by atoms with Gasteiger partial charge >= 0.3 is 0 Å². The van der Waals surface area contributed by atoms with E-state index in [1.165, 1.54) is 0 Å². The molecule has 0 aromatic heterocycles. The van der Waals surface area contributed by atoms with E-state index < -0.39 is 0 Å². The zero-order valence-corrected chi connectivity index (χ0v) is 10.9. The minimum atomic E-state index is -0.181. The van der Waals surface area contributed by atoms with E-state index in [2.05, 4.69) is 48.2 Å². The van der Waals surface area contributed by atoms with Gasteiger partial charge in [0.1, 0.15) is 0 Å². The smallest absolute Gasteiger partial charge is 0.216 e. The topological polar surface area (TPSA) is 17.1 Å². The molecule has 0 unspecified atom stereocenters. The molecular weight excluding hydrogens is 307 g/mol. The van der Waals surface area contributed by atoms with Gasteiger partial charge in [0.15, 0.2) is 0 Å². The Balaban J connectivity index is 3.20. The van der Waals surface area contributed by atoms with Crippen molar-refractivity contribution in [3.8, 4) is 0 Å². The zero-order valence-electron chi connectivity index (χ0n) is 7.83. The normalized spacial score (nSPS) is 11.5. The number of carbonyl (C=O) groups excluding carboxylic acids is 1. The molecule has 3 heteroatoms. The second-order valence-corrected chi connectivity index (χ2v) is 4.38. The predicted octanol–water partition coefficient (Wildman–Crippen LogP) is 3.94. The van der Waals surface area contributed by atoms with Gasteiger partial charge in [-0.2, -0.15) is 0 Å². The molecule has 0 bridgehead atoms. The maximum absolute atomic E-state index is 11.2. The fourth-order valence-electron chi connectivity index (χ4n) is 1.17. The molecule has 1 nitrogen and oxygen atoms in total. The van der Waals surface area contributed by atoms with Crippen molar-refractivity contribution in [2.24, 2.45) is 0 Å². The number of carbonyl (C=O) groups is 1. The van der Waals surface area contributed by atoms with E-state index >= 15 is 0 Å². The van der Waals surface area contributed by atoms with E-state index in [-0.39, 0.29) is 5.12 Å². The van der Waals surface area contributed by atoms with E-state index in [9.17, 15) is 4.79 Å². The van der Waals surface area contributed by atoms with Crippen LogP contribution in [-0.2, 0) is 0 Å². The first-order valence-corrected chi connectivity index (χ1v) is 5.87. The second kappa shape index (κ2) is 5.56. The van der Waals surface area contributed by atoms with E-state index in [0.29, 0.717) is 5.56 Å². The summed E-state index contributed by atoms with van der Waals surface area (Å²) in [6.07, 6.45) is 3.06. The summed E-state index contributed by atoms with van der Waals surface area (Å²) in [4.78, 5) is 11.2. The van der Waals surface area contributed by atoms with Crippen molar-refractivity contribution in [1.82, 2.24) is 0 Å². The molecule has 1 aromatic carbocycles. The highest BCUT2D eigenvalue weighted by molar-refractivity contribution is 14.1. The van der Waals surface area contributed by atoms with Gasteiger partial charge in [0.05, 0.1) is 0 Å². The Morgan fingerprint density at radius 1 is 1.43 bits per heavy atom. The molecule has 0 atom stereocenters. The van der Waals surface area contributed by atoms with Crippen LogP contribution < -0.4 is 0 Å². The first-order chi connectivity index (χ1) is 6.66. The summed E-state index contributed by atoms with van der Waals surface area (Å²) in [6, 6.07) is 7.52. The number of hydrogen-bond donors (Lipinski definition) is 1. The van der Waals surface area contributed by atoms with E-state index in [4.69, 9.17) is 0 Å². The summed E-state index contributed by atoms with van der Waals surface area (Å²) in [6.45, 7) is 2.07. The number of hydrogen-bond acceptors (Lipinski definition) is 1. The minimum absolute atomic E-state index is 0.181. The van der Waals surface area contributed by atoms with Crippen LogP contribution in [0.15, 0.2) is 30.3 Å².